The molecule has 3 rings (SSSR count). The van der Waals surface area contributed by atoms with Gasteiger partial charge in [0.25, 0.3) is 0 Å². The molecule has 0 amide bonds. The fourth-order valence-corrected chi connectivity index (χ4v) is 2.51. The SMILES string of the molecule is Fc1ccc2c(c1)CC[C@]1(CCNC1)O2. The van der Waals surface area contributed by atoms with Gasteiger partial charge in [0.2, 0.25) is 0 Å². The molecule has 1 N–H and O–H groups in total. The van der Waals surface area contributed by atoms with Gasteiger partial charge >= 0.3 is 0 Å². The Labute approximate surface area is 88.4 Å². The number of rotatable bonds is 0. The van der Waals surface area contributed by atoms with Crippen LogP contribution in [0.1, 0.15) is 18.4 Å². The summed E-state index contributed by atoms with van der Waals surface area (Å²) in [5, 5.41) is 3.33. The molecule has 3 heteroatoms. The Kier molecular flexibility index (Phi) is 1.96. The molecule has 0 aliphatic carbocycles. The number of halogens is 1. The van der Waals surface area contributed by atoms with Crippen LogP contribution in [0.3, 0.4) is 0 Å². The van der Waals surface area contributed by atoms with Crippen molar-refractivity contribution in [2.24, 2.45) is 0 Å². The van der Waals surface area contributed by atoms with E-state index in [2.05, 4.69) is 5.32 Å². The van der Waals surface area contributed by atoms with Crippen LogP contribution in [0.4, 0.5) is 4.39 Å². The monoisotopic (exact) mass is 207 g/mol. The van der Waals surface area contributed by atoms with Gasteiger partial charge in [0, 0.05) is 13.0 Å². The highest BCUT2D eigenvalue weighted by Gasteiger charge is 2.38. The Hall–Kier alpha value is -1.09. The van der Waals surface area contributed by atoms with Crippen LogP contribution in [0, 0.1) is 5.82 Å². The summed E-state index contributed by atoms with van der Waals surface area (Å²) in [6, 6.07) is 4.81. The lowest BCUT2D eigenvalue weighted by molar-refractivity contribution is 0.0662. The molecule has 0 radical (unpaired) electrons. The highest BCUT2D eigenvalue weighted by molar-refractivity contribution is 5.37. The van der Waals surface area contributed by atoms with Crippen molar-refractivity contribution in [2.45, 2.75) is 24.9 Å². The van der Waals surface area contributed by atoms with E-state index in [4.69, 9.17) is 4.74 Å². The van der Waals surface area contributed by atoms with Crippen LogP contribution in [0.15, 0.2) is 18.2 Å². The van der Waals surface area contributed by atoms with E-state index in [9.17, 15) is 4.39 Å². The second-order valence-electron chi connectivity index (χ2n) is 4.46. The van der Waals surface area contributed by atoms with Crippen molar-refractivity contribution in [1.82, 2.24) is 5.32 Å². The highest BCUT2D eigenvalue weighted by Crippen LogP contribution is 2.36. The van der Waals surface area contributed by atoms with Crippen molar-refractivity contribution in [3.05, 3.63) is 29.6 Å². The summed E-state index contributed by atoms with van der Waals surface area (Å²) in [7, 11) is 0. The molecule has 0 aromatic heterocycles. The van der Waals surface area contributed by atoms with Crippen molar-refractivity contribution >= 4 is 0 Å². The summed E-state index contributed by atoms with van der Waals surface area (Å²) in [6.45, 7) is 1.94. The number of hydrogen-bond donors (Lipinski definition) is 1. The van der Waals surface area contributed by atoms with Gasteiger partial charge in [0.15, 0.2) is 0 Å². The van der Waals surface area contributed by atoms with Crippen LogP contribution in [-0.4, -0.2) is 18.7 Å². The molecule has 1 fully saturated rings. The fraction of sp³-hybridized carbons (Fsp3) is 0.500. The van der Waals surface area contributed by atoms with Gasteiger partial charge in [-0.15, -0.1) is 0 Å². The third kappa shape index (κ3) is 1.51. The molecule has 1 aromatic carbocycles. The second kappa shape index (κ2) is 3.20. The van der Waals surface area contributed by atoms with E-state index in [1.807, 2.05) is 0 Å². The average molecular weight is 207 g/mol. The number of aryl methyl sites for hydroxylation is 1. The maximum Gasteiger partial charge on any atom is 0.123 e. The zero-order valence-electron chi connectivity index (χ0n) is 8.55. The Morgan fingerprint density at radius 1 is 1.33 bits per heavy atom. The molecule has 2 aliphatic rings. The third-order valence-electron chi connectivity index (χ3n) is 3.40. The first-order chi connectivity index (χ1) is 7.27. The minimum Gasteiger partial charge on any atom is -0.486 e. The molecule has 15 heavy (non-hydrogen) atoms. The van der Waals surface area contributed by atoms with E-state index in [1.54, 1.807) is 12.1 Å². The Bertz CT molecular complexity index is 385. The van der Waals surface area contributed by atoms with Gasteiger partial charge in [-0.1, -0.05) is 0 Å². The molecule has 1 atom stereocenters. The zero-order chi connectivity index (χ0) is 10.3. The lowest BCUT2D eigenvalue weighted by Gasteiger charge is -2.34. The molecular formula is C12H14FNO. The topological polar surface area (TPSA) is 21.3 Å². The minimum absolute atomic E-state index is 0.0230. The van der Waals surface area contributed by atoms with Crippen LogP contribution in [-0.2, 0) is 6.42 Å². The predicted molar refractivity (Wildman–Crippen MR) is 55.6 cm³/mol. The van der Waals surface area contributed by atoms with E-state index in [1.165, 1.54) is 6.07 Å². The first-order valence-electron chi connectivity index (χ1n) is 5.46. The van der Waals surface area contributed by atoms with Gasteiger partial charge in [-0.3, -0.25) is 0 Å². The van der Waals surface area contributed by atoms with E-state index in [-0.39, 0.29) is 11.4 Å². The van der Waals surface area contributed by atoms with Crippen LogP contribution in [0.2, 0.25) is 0 Å². The Balaban J connectivity index is 1.93. The lowest BCUT2D eigenvalue weighted by atomic mass is 9.90. The molecule has 1 saturated heterocycles. The van der Waals surface area contributed by atoms with Crippen LogP contribution in [0.25, 0.3) is 0 Å². The van der Waals surface area contributed by atoms with Crippen molar-refractivity contribution in [2.75, 3.05) is 13.1 Å². The van der Waals surface area contributed by atoms with E-state index < -0.39 is 0 Å². The van der Waals surface area contributed by atoms with Crippen molar-refractivity contribution in [3.8, 4) is 5.75 Å². The summed E-state index contributed by atoms with van der Waals surface area (Å²) in [4.78, 5) is 0. The van der Waals surface area contributed by atoms with Crippen molar-refractivity contribution in [3.63, 3.8) is 0 Å². The molecule has 0 bridgehead atoms. The van der Waals surface area contributed by atoms with Gasteiger partial charge in [-0.05, 0) is 43.1 Å². The number of benzene rings is 1. The maximum atomic E-state index is 13.0. The standard InChI is InChI=1S/C12H14FNO/c13-10-1-2-11-9(7-10)3-4-12(15-11)5-6-14-8-12/h1-2,7,14H,3-6,8H2/t12-/m1/s1. The second-order valence-corrected chi connectivity index (χ2v) is 4.46. The van der Waals surface area contributed by atoms with Crippen molar-refractivity contribution in [1.29, 1.82) is 0 Å². The molecule has 80 valence electrons. The van der Waals surface area contributed by atoms with E-state index in [0.717, 1.165) is 43.7 Å². The molecule has 2 heterocycles. The zero-order valence-corrected chi connectivity index (χ0v) is 8.55. The number of ether oxygens (including phenoxy) is 1. The van der Waals surface area contributed by atoms with Crippen LogP contribution in [0.5, 0.6) is 5.75 Å². The molecule has 0 saturated carbocycles. The van der Waals surface area contributed by atoms with Gasteiger partial charge in [-0.25, -0.2) is 4.39 Å². The summed E-state index contributed by atoms with van der Waals surface area (Å²) in [6.07, 6.45) is 2.98. The van der Waals surface area contributed by atoms with Gasteiger partial charge in [0.05, 0.1) is 0 Å². The highest BCUT2D eigenvalue weighted by atomic mass is 19.1. The van der Waals surface area contributed by atoms with E-state index in [0.29, 0.717) is 0 Å². The quantitative estimate of drug-likeness (QED) is 0.701. The normalized spacial score (nSPS) is 28.9. The molecule has 1 spiro atoms. The summed E-state index contributed by atoms with van der Waals surface area (Å²) < 4.78 is 19.0. The molecule has 1 aromatic rings. The third-order valence-corrected chi connectivity index (χ3v) is 3.40. The molecule has 0 unspecified atom stereocenters. The maximum absolute atomic E-state index is 13.0. The first kappa shape index (κ1) is 9.16. The van der Waals surface area contributed by atoms with E-state index >= 15 is 0 Å². The predicted octanol–water partition coefficient (Wildman–Crippen LogP) is 1.88. The average Bonchev–Trinajstić information content (AvgIpc) is 2.67. The Morgan fingerprint density at radius 3 is 3.07 bits per heavy atom. The van der Waals surface area contributed by atoms with Crippen molar-refractivity contribution < 1.29 is 9.13 Å². The smallest absolute Gasteiger partial charge is 0.123 e. The van der Waals surface area contributed by atoms with Gasteiger partial charge < -0.3 is 10.1 Å². The minimum atomic E-state index is -0.169. The molecule has 2 aliphatic heterocycles. The fourth-order valence-electron chi connectivity index (χ4n) is 2.51. The lowest BCUT2D eigenvalue weighted by Crippen LogP contribution is -2.41. The summed E-state index contributed by atoms with van der Waals surface area (Å²) in [5.74, 6) is 0.698. The number of nitrogens with one attached hydrogen (secondary N) is 1. The Morgan fingerprint density at radius 2 is 2.27 bits per heavy atom. The number of fused-ring (bicyclic) bond motifs is 1. The van der Waals surface area contributed by atoms with Crippen LogP contribution < -0.4 is 10.1 Å². The summed E-state index contributed by atoms with van der Waals surface area (Å²) >= 11 is 0. The number of hydrogen-bond acceptors (Lipinski definition) is 2. The largest absolute Gasteiger partial charge is 0.486 e. The summed E-state index contributed by atoms with van der Waals surface area (Å²) in [5.41, 5.74) is 0.984. The van der Waals surface area contributed by atoms with Gasteiger partial charge in [-0.2, -0.15) is 0 Å². The molecule has 2 nitrogen and oxygen atoms in total. The van der Waals surface area contributed by atoms with Gasteiger partial charge in [0.1, 0.15) is 17.2 Å². The molecular weight excluding hydrogens is 193 g/mol. The first-order valence-corrected chi connectivity index (χ1v) is 5.46. The van der Waals surface area contributed by atoms with Crippen LogP contribution >= 0.6 is 0 Å².